The number of likely N-dealkylation sites (tertiary alicyclic amines) is 1. The number of hydrogen-bond donors (Lipinski definition) is 0. The van der Waals surface area contributed by atoms with Gasteiger partial charge in [-0.2, -0.15) is 0 Å². The normalized spacial score (nSPS) is 27.9. The van der Waals surface area contributed by atoms with Crippen LogP contribution in [0.4, 0.5) is 0 Å². The molecule has 0 spiro atoms. The Kier molecular flexibility index (Phi) is 4.27. The fraction of sp³-hybridized carbons (Fsp3) is 0.650. The molecule has 2 bridgehead atoms. The molecule has 0 aromatic heterocycles. The summed E-state index contributed by atoms with van der Waals surface area (Å²) in [5, 5.41) is 0. The van der Waals surface area contributed by atoms with Crippen molar-refractivity contribution in [3.63, 3.8) is 0 Å². The first kappa shape index (κ1) is 17.1. The van der Waals surface area contributed by atoms with E-state index >= 15 is 0 Å². The molecule has 1 aromatic rings. The number of fused-ring (bicyclic) bond motifs is 2. The average Bonchev–Trinajstić information content (AvgIpc) is 2.76. The molecule has 3 rings (SSSR count). The van der Waals surface area contributed by atoms with Crippen molar-refractivity contribution in [2.45, 2.75) is 52.5 Å². The quantitative estimate of drug-likeness (QED) is 0.845. The van der Waals surface area contributed by atoms with Gasteiger partial charge in [-0.25, -0.2) is 0 Å². The molecule has 0 radical (unpaired) electrons. The van der Waals surface area contributed by atoms with Gasteiger partial charge in [-0.05, 0) is 47.8 Å². The molecule has 4 nitrogen and oxygen atoms in total. The molecule has 1 heterocycles. The number of ether oxygens (including phenoxy) is 2. The van der Waals surface area contributed by atoms with Crippen molar-refractivity contribution in [3.8, 4) is 11.5 Å². The van der Waals surface area contributed by atoms with Crippen LogP contribution in [0.1, 0.15) is 45.6 Å². The van der Waals surface area contributed by atoms with Crippen LogP contribution in [0.3, 0.4) is 0 Å². The van der Waals surface area contributed by atoms with Gasteiger partial charge in [0.15, 0.2) is 11.5 Å². The maximum Gasteiger partial charge on any atom is 0.227 e. The van der Waals surface area contributed by atoms with Crippen molar-refractivity contribution in [2.24, 2.45) is 10.8 Å². The summed E-state index contributed by atoms with van der Waals surface area (Å²) in [5.74, 6) is 1.60. The third kappa shape index (κ3) is 3.24. The molecule has 1 aromatic carbocycles. The molecule has 2 fully saturated rings. The van der Waals surface area contributed by atoms with Gasteiger partial charge >= 0.3 is 0 Å². The van der Waals surface area contributed by atoms with Crippen LogP contribution in [0.2, 0.25) is 0 Å². The van der Waals surface area contributed by atoms with Gasteiger partial charge in [-0.15, -0.1) is 0 Å². The van der Waals surface area contributed by atoms with Gasteiger partial charge < -0.3 is 14.4 Å². The number of benzene rings is 1. The molecular weight excluding hydrogens is 302 g/mol. The SMILES string of the molecule is COc1ccc(CC(=O)N2C[C@]3(C)C[C@H]2CC(C)(C)C3)cc1OC. The average molecular weight is 331 g/mol. The van der Waals surface area contributed by atoms with Crippen LogP contribution in [0.5, 0.6) is 11.5 Å². The number of carbonyl (C=O) groups is 1. The van der Waals surface area contributed by atoms with Crippen LogP contribution in [-0.4, -0.2) is 37.6 Å². The number of amides is 1. The van der Waals surface area contributed by atoms with Crippen LogP contribution < -0.4 is 9.47 Å². The molecule has 2 atom stereocenters. The molecule has 0 N–H and O–H groups in total. The van der Waals surface area contributed by atoms with E-state index in [1.807, 2.05) is 18.2 Å². The van der Waals surface area contributed by atoms with Crippen molar-refractivity contribution in [3.05, 3.63) is 23.8 Å². The Balaban J connectivity index is 1.74. The minimum atomic E-state index is 0.230. The van der Waals surface area contributed by atoms with E-state index in [9.17, 15) is 4.79 Å². The summed E-state index contributed by atoms with van der Waals surface area (Å²) < 4.78 is 10.6. The summed E-state index contributed by atoms with van der Waals surface area (Å²) in [5.41, 5.74) is 1.58. The number of hydrogen-bond acceptors (Lipinski definition) is 3. The van der Waals surface area contributed by atoms with Gasteiger partial charge in [0.25, 0.3) is 0 Å². The van der Waals surface area contributed by atoms with Crippen molar-refractivity contribution in [1.29, 1.82) is 0 Å². The Morgan fingerprint density at radius 3 is 2.54 bits per heavy atom. The highest BCUT2D eigenvalue weighted by atomic mass is 16.5. The minimum Gasteiger partial charge on any atom is -0.493 e. The summed E-state index contributed by atoms with van der Waals surface area (Å²) in [7, 11) is 3.24. The largest absolute Gasteiger partial charge is 0.493 e. The molecule has 24 heavy (non-hydrogen) atoms. The second kappa shape index (κ2) is 5.98. The third-order valence-corrected chi connectivity index (χ3v) is 5.54. The van der Waals surface area contributed by atoms with Gasteiger partial charge in [0.2, 0.25) is 5.91 Å². The van der Waals surface area contributed by atoms with E-state index in [1.54, 1.807) is 14.2 Å². The maximum atomic E-state index is 12.9. The zero-order chi connectivity index (χ0) is 17.5. The van der Waals surface area contributed by atoms with E-state index in [0.717, 1.165) is 24.9 Å². The Morgan fingerprint density at radius 1 is 1.17 bits per heavy atom. The van der Waals surface area contributed by atoms with E-state index in [-0.39, 0.29) is 11.3 Å². The lowest BCUT2D eigenvalue weighted by atomic mass is 9.65. The second-order valence-corrected chi connectivity index (χ2v) is 8.60. The summed E-state index contributed by atoms with van der Waals surface area (Å²) in [6, 6.07) is 6.12. The molecule has 0 unspecified atom stereocenters. The van der Waals surface area contributed by atoms with Crippen molar-refractivity contribution in [1.82, 2.24) is 4.90 Å². The smallest absolute Gasteiger partial charge is 0.227 e. The molecular formula is C20H29NO3. The van der Waals surface area contributed by atoms with Gasteiger partial charge in [-0.3, -0.25) is 4.79 Å². The lowest BCUT2D eigenvalue weighted by Gasteiger charge is -2.39. The summed E-state index contributed by atoms with van der Waals surface area (Å²) >= 11 is 0. The molecule has 132 valence electrons. The monoisotopic (exact) mass is 331 g/mol. The highest BCUT2D eigenvalue weighted by molar-refractivity contribution is 5.80. The second-order valence-electron chi connectivity index (χ2n) is 8.60. The zero-order valence-electron chi connectivity index (χ0n) is 15.5. The fourth-order valence-electron chi connectivity index (χ4n) is 5.02. The Bertz CT molecular complexity index is 640. The van der Waals surface area contributed by atoms with E-state index in [2.05, 4.69) is 25.7 Å². The van der Waals surface area contributed by atoms with Gasteiger partial charge in [0.05, 0.1) is 20.6 Å². The maximum absolute atomic E-state index is 12.9. The molecule has 1 saturated heterocycles. The lowest BCUT2D eigenvalue weighted by Crippen LogP contribution is -2.38. The standard InChI is InChI=1S/C20H29NO3/c1-19(2)10-15-11-20(3,12-19)13-21(15)18(22)9-14-6-7-16(23-4)17(8-14)24-5/h6-8,15H,9-13H2,1-5H3/t15-,20-/m1/s1. The van der Waals surface area contributed by atoms with Crippen LogP contribution in [0.25, 0.3) is 0 Å². The first-order valence-electron chi connectivity index (χ1n) is 8.76. The fourth-order valence-corrected chi connectivity index (χ4v) is 5.02. The first-order valence-corrected chi connectivity index (χ1v) is 8.76. The Hall–Kier alpha value is -1.71. The molecule has 2 aliphatic rings. The van der Waals surface area contributed by atoms with Gasteiger partial charge in [0, 0.05) is 12.6 Å². The van der Waals surface area contributed by atoms with Crippen molar-refractivity contribution >= 4 is 5.91 Å². The number of nitrogens with zero attached hydrogens (tertiary/aromatic N) is 1. The van der Waals surface area contributed by atoms with Crippen molar-refractivity contribution < 1.29 is 14.3 Å². The summed E-state index contributed by atoms with van der Waals surface area (Å²) in [4.78, 5) is 15.0. The van der Waals surface area contributed by atoms with E-state index in [1.165, 1.54) is 6.42 Å². The van der Waals surface area contributed by atoms with Crippen LogP contribution >= 0.6 is 0 Å². The molecule has 1 saturated carbocycles. The van der Waals surface area contributed by atoms with Gasteiger partial charge in [-0.1, -0.05) is 26.8 Å². The Labute approximate surface area is 145 Å². The highest BCUT2D eigenvalue weighted by Crippen LogP contribution is 2.52. The first-order chi connectivity index (χ1) is 11.3. The van der Waals surface area contributed by atoms with Gasteiger partial charge in [0.1, 0.15) is 0 Å². The van der Waals surface area contributed by atoms with Crippen LogP contribution in [0.15, 0.2) is 18.2 Å². The highest BCUT2D eigenvalue weighted by Gasteiger charge is 2.50. The van der Waals surface area contributed by atoms with E-state index in [0.29, 0.717) is 29.4 Å². The molecule has 1 aliphatic heterocycles. The molecule has 1 aliphatic carbocycles. The molecule has 1 amide bonds. The van der Waals surface area contributed by atoms with E-state index < -0.39 is 0 Å². The zero-order valence-corrected chi connectivity index (χ0v) is 15.5. The Morgan fingerprint density at radius 2 is 1.88 bits per heavy atom. The number of rotatable bonds is 4. The lowest BCUT2D eigenvalue weighted by molar-refractivity contribution is -0.131. The van der Waals surface area contributed by atoms with Crippen molar-refractivity contribution in [2.75, 3.05) is 20.8 Å². The number of methoxy groups -OCH3 is 2. The minimum absolute atomic E-state index is 0.230. The van der Waals surface area contributed by atoms with Crippen LogP contribution in [-0.2, 0) is 11.2 Å². The predicted octanol–water partition coefficient (Wildman–Crippen LogP) is 3.67. The van der Waals surface area contributed by atoms with E-state index in [4.69, 9.17) is 9.47 Å². The third-order valence-electron chi connectivity index (χ3n) is 5.54. The number of carbonyl (C=O) groups excluding carboxylic acids is 1. The molecule has 4 heteroatoms. The summed E-state index contributed by atoms with van der Waals surface area (Å²) in [6.45, 7) is 7.90. The topological polar surface area (TPSA) is 38.8 Å². The predicted molar refractivity (Wildman–Crippen MR) is 94.5 cm³/mol. The summed E-state index contributed by atoms with van der Waals surface area (Å²) in [6.07, 6.45) is 3.89. The van der Waals surface area contributed by atoms with Crippen LogP contribution in [0, 0.1) is 10.8 Å².